The molecule has 10 nitrogen and oxygen atoms in total. The summed E-state index contributed by atoms with van der Waals surface area (Å²) in [4.78, 5) is 7.64. The molecule has 0 unspecified atom stereocenters. The molecule has 2 aromatic rings. The molecule has 48 heavy (non-hydrogen) atoms. The molecule has 0 bridgehead atoms. The van der Waals surface area contributed by atoms with Gasteiger partial charge in [0.1, 0.15) is 11.4 Å². The molecule has 1 saturated carbocycles. The number of primary sulfonamides is 1. The van der Waals surface area contributed by atoms with Crippen LogP contribution in [0.1, 0.15) is 70.6 Å². The van der Waals surface area contributed by atoms with E-state index in [2.05, 4.69) is 59.2 Å². The van der Waals surface area contributed by atoms with Crippen LogP contribution >= 0.6 is 0 Å². The third-order valence-corrected chi connectivity index (χ3v) is 15.5. The van der Waals surface area contributed by atoms with Crippen molar-refractivity contribution >= 4 is 35.5 Å². The Balaban J connectivity index is 1.38. The van der Waals surface area contributed by atoms with Crippen LogP contribution in [0.4, 0.5) is 29.2 Å². The number of ether oxygens (including phenoxy) is 1. The number of nitrogens with zero attached hydrogens (tertiary/aromatic N) is 4. The van der Waals surface area contributed by atoms with Crippen molar-refractivity contribution in [3.63, 3.8) is 0 Å². The number of aromatic nitrogens is 2. The molecule has 2 aliphatic heterocycles. The summed E-state index contributed by atoms with van der Waals surface area (Å²) in [5, 5.41) is 12.1. The standard InChI is InChI=1S/C32H46F4N6O4SSi/c1-31(2,3)48(4,5)46-20-21-6-8-23(9-7-21)41-18-22(19-42(41)24-12-14-45-15-13-24)29-26(32(34,35)36)17-38-30(40-29)39-28-11-10-25(16-27(28)33)47(37,43)44/h10-11,16-17,19,21,23-24H,6-9,12-15,18,20H2,1-5H3,(H2,37,43,44)(H,38,39,40). The van der Waals surface area contributed by atoms with Crippen LogP contribution in [-0.2, 0) is 25.4 Å². The molecule has 0 radical (unpaired) electrons. The Kier molecular flexibility index (Phi) is 10.6. The van der Waals surface area contributed by atoms with Crippen LogP contribution in [0.15, 0.2) is 35.5 Å². The predicted octanol–water partition coefficient (Wildman–Crippen LogP) is 6.66. The van der Waals surface area contributed by atoms with Crippen LogP contribution < -0.4 is 10.5 Å². The molecule has 3 N–H and O–H groups in total. The quantitative estimate of drug-likeness (QED) is 0.217. The predicted molar refractivity (Wildman–Crippen MR) is 177 cm³/mol. The van der Waals surface area contributed by atoms with Crippen molar-refractivity contribution in [2.45, 2.75) is 101 Å². The highest BCUT2D eigenvalue weighted by atomic mass is 32.2. The van der Waals surface area contributed by atoms with Gasteiger partial charge < -0.3 is 19.5 Å². The molecule has 1 saturated heterocycles. The minimum atomic E-state index is -4.74. The third-order valence-electron chi connectivity index (χ3n) is 10.1. The summed E-state index contributed by atoms with van der Waals surface area (Å²) in [5.41, 5.74) is -1.12. The molecule has 3 aliphatic rings. The number of hydrogen-bond acceptors (Lipinski definition) is 9. The largest absolute Gasteiger partial charge is 0.419 e. The van der Waals surface area contributed by atoms with Crippen molar-refractivity contribution in [3.8, 4) is 0 Å². The number of nitrogens with two attached hydrogens (primary N) is 1. The molecular weight excluding hydrogens is 669 g/mol. The van der Waals surface area contributed by atoms with Crippen molar-refractivity contribution in [3.05, 3.63) is 47.7 Å². The van der Waals surface area contributed by atoms with E-state index in [0.29, 0.717) is 30.9 Å². The molecule has 1 aromatic heterocycles. The lowest BCUT2D eigenvalue weighted by Crippen LogP contribution is -2.51. The van der Waals surface area contributed by atoms with Gasteiger partial charge >= 0.3 is 6.18 Å². The van der Waals surface area contributed by atoms with E-state index in [1.807, 2.05) is 0 Å². The first-order chi connectivity index (χ1) is 22.3. The van der Waals surface area contributed by atoms with Crippen molar-refractivity contribution in [1.82, 2.24) is 20.0 Å². The highest BCUT2D eigenvalue weighted by molar-refractivity contribution is 7.89. The molecule has 0 spiro atoms. The Hall–Kier alpha value is -2.63. The molecular formula is C32H46F4N6O4SSi. The molecule has 1 aromatic carbocycles. The summed E-state index contributed by atoms with van der Waals surface area (Å²) in [6.45, 7) is 13.3. The SMILES string of the molecule is CC(C)(C)[Si](C)(C)OCC1CCC(N2CC(c3nc(Nc4ccc(S(N)(=O)=O)cc4F)ncc3C(F)(F)F)=CN2C2CCOCC2)CC1. The second-order valence-corrected chi connectivity index (χ2v) is 20.9. The fraction of sp³-hybridized carbons (Fsp3) is 0.625. The van der Waals surface area contributed by atoms with Gasteiger partial charge in [0.2, 0.25) is 16.0 Å². The second kappa shape index (κ2) is 13.9. The lowest BCUT2D eigenvalue weighted by atomic mass is 9.86. The Morgan fingerprint density at radius 3 is 2.31 bits per heavy atom. The van der Waals surface area contributed by atoms with Gasteiger partial charge in [0.15, 0.2) is 8.32 Å². The average molecular weight is 715 g/mol. The average Bonchev–Trinajstić information content (AvgIpc) is 3.46. The van der Waals surface area contributed by atoms with E-state index >= 15 is 0 Å². The number of halogens is 4. The maximum Gasteiger partial charge on any atom is 0.419 e. The number of hydrazine groups is 1. The van der Waals surface area contributed by atoms with Crippen LogP contribution in [0.2, 0.25) is 18.1 Å². The monoisotopic (exact) mass is 714 g/mol. The lowest BCUT2D eigenvalue weighted by Gasteiger charge is -2.44. The highest BCUT2D eigenvalue weighted by Gasteiger charge is 2.42. The van der Waals surface area contributed by atoms with Gasteiger partial charge in [0.05, 0.1) is 16.3 Å². The van der Waals surface area contributed by atoms with E-state index in [9.17, 15) is 26.0 Å². The smallest absolute Gasteiger partial charge is 0.417 e. The lowest BCUT2D eigenvalue weighted by molar-refractivity contribution is -0.138. The van der Waals surface area contributed by atoms with E-state index in [1.165, 1.54) is 0 Å². The highest BCUT2D eigenvalue weighted by Crippen LogP contribution is 2.41. The van der Waals surface area contributed by atoms with Gasteiger partial charge in [-0.05, 0) is 80.8 Å². The molecule has 16 heteroatoms. The summed E-state index contributed by atoms with van der Waals surface area (Å²) in [6.07, 6.45) is 2.93. The van der Waals surface area contributed by atoms with Crippen LogP contribution in [0.5, 0.6) is 0 Å². The Morgan fingerprint density at radius 1 is 1.06 bits per heavy atom. The molecule has 5 rings (SSSR count). The van der Waals surface area contributed by atoms with Crippen molar-refractivity contribution in [2.75, 3.05) is 31.7 Å². The molecule has 0 atom stereocenters. The van der Waals surface area contributed by atoms with Crippen molar-refractivity contribution in [2.24, 2.45) is 11.1 Å². The second-order valence-electron chi connectivity index (χ2n) is 14.5. The number of sulfonamides is 1. The fourth-order valence-corrected chi connectivity index (χ4v) is 7.80. The first-order valence-corrected chi connectivity index (χ1v) is 20.8. The number of hydrogen-bond donors (Lipinski definition) is 2. The van der Waals surface area contributed by atoms with Gasteiger partial charge in [-0.3, -0.25) is 0 Å². The first kappa shape index (κ1) is 36.6. The molecule has 3 heterocycles. The Labute approximate surface area is 281 Å². The summed E-state index contributed by atoms with van der Waals surface area (Å²) >= 11 is 0. The summed E-state index contributed by atoms with van der Waals surface area (Å²) < 4.78 is 93.1. The summed E-state index contributed by atoms with van der Waals surface area (Å²) in [7, 11) is -6.03. The number of rotatable bonds is 9. The zero-order chi connectivity index (χ0) is 35.1. The number of alkyl halides is 3. The zero-order valence-corrected chi connectivity index (χ0v) is 29.9. The molecule has 2 fully saturated rings. The fourth-order valence-electron chi connectivity index (χ4n) is 6.19. The molecule has 1 aliphatic carbocycles. The normalized spacial score (nSPS) is 22.2. The van der Waals surface area contributed by atoms with Gasteiger partial charge in [-0.15, -0.1) is 0 Å². The Morgan fingerprint density at radius 2 is 1.73 bits per heavy atom. The van der Waals surface area contributed by atoms with Gasteiger partial charge in [-0.2, -0.15) is 13.2 Å². The molecule has 266 valence electrons. The van der Waals surface area contributed by atoms with Gasteiger partial charge in [0, 0.05) is 56.4 Å². The van der Waals surface area contributed by atoms with Crippen LogP contribution in [0.25, 0.3) is 5.57 Å². The van der Waals surface area contributed by atoms with Crippen molar-refractivity contribution < 1.29 is 35.1 Å². The van der Waals surface area contributed by atoms with Crippen LogP contribution in [0.3, 0.4) is 0 Å². The number of nitrogens with one attached hydrogen (secondary N) is 1. The van der Waals surface area contributed by atoms with E-state index in [0.717, 1.165) is 63.3 Å². The summed E-state index contributed by atoms with van der Waals surface area (Å²) in [5.74, 6) is -0.804. The van der Waals surface area contributed by atoms with E-state index in [1.54, 1.807) is 6.20 Å². The van der Waals surface area contributed by atoms with E-state index < -0.39 is 40.8 Å². The third kappa shape index (κ3) is 8.38. The first-order valence-electron chi connectivity index (χ1n) is 16.3. The van der Waals surface area contributed by atoms with Crippen molar-refractivity contribution in [1.29, 1.82) is 0 Å². The maximum absolute atomic E-state index is 14.8. The van der Waals surface area contributed by atoms with Gasteiger partial charge in [-0.25, -0.2) is 32.9 Å². The Bertz CT molecular complexity index is 1600. The number of anilines is 2. The zero-order valence-electron chi connectivity index (χ0n) is 28.1. The van der Waals surface area contributed by atoms with E-state index in [-0.39, 0.29) is 41.0 Å². The molecule has 0 amide bonds. The van der Waals surface area contributed by atoms with Gasteiger partial charge in [0.25, 0.3) is 0 Å². The van der Waals surface area contributed by atoms with E-state index in [4.69, 9.17) is 14.3 Å². The van der Waals surface area contributed by atoms with Crippen LogP contribution in [-0.4, -0.2) is 75.2 Å². The van der Waals surface area contributed by atoms with Gasteiger partial charge in [-0.1, -0.05) is 20.8 Å². The topological polar surface area (TPSA) is 123 Å². The summed E-state index contributed by atoms with van der Waals surface area (Å²) in [6, 6.07) is 3.12. The minimum Gasteiger partial charge on any atom is -0.417 e. The van der Waals surface area contributed by atoms with Crippen LogP contribution in [0, 0.1) is 11.7 Å². The minimum absolute atomic E-state index is 0.0658. The number of benzene rings is 1. The maximum atomic E-state index is 14.8.